The van der Waals surface area contributed by atoms with Gasteiger partial charge in [0.15, 0.2) is 5.11 Å². The van der Waals surface area contributed by atoms with E-state index in [1.54, 1.807) is 12.0 Å². The highest BCUT2D eigenvalue weighted by Crippen LogP contribution is 2.22. The standard InChI is InChI=1S/C19H27N3OS/c1-3-10-22-16-7-5-8-17(22)12-15(11-16)21-19(24)20-14-6-4-9-18(13-14)23-2/h3-4,6,9,13,15-17H,1,5,7-8,10-12H2,2H3,(H2,20,21,24)/p+1/t15?,16-,17+. The maximum atomic E-state index is 5.52. The molecule has 4 atom stereocenters. The van der Waals surface area contributed by atoms with E-state index in [1.165, 1.54) is 32.1 Å². The Bertz CT molecular complexity index is 578. The average molecular weight is 347 g/mol. The first-order valence-corrected chi connectivity index (χ1v) is 9.28. The molecule has 0 aliphatic carbocycles. The minimum Gasteiger partial charge on any atom is -0.497 e. The molecule has 24 heavy (non-hydrogen) atoms. The van der Waals surface area contributed by atoms with E-state index in [2.05, 4.69) is 23.3 Å². The summed E-state index contributed by atoms with van der Waals surface area (Å²) in [7, 11) is 1.67. The molecule has 2 bridgehead atoms. The Morgan fingerprint density at radius 3 is 2.79 bits per heavy atom. The van der Waals surface area contributed by atoms with Crippen molar-refractivity contribution in [2.45, 2.75) is 50.2 Å². The van der Waals surface area contributed by atoms with Crippen molar-refractivity contribution < 1.29 is 9.64 Å². The summed E-state index contributed by atoms with van der Waals surface area (Å²) in [5.41, 5.74) is 0.960. The number of quaternary nitrogens is 1. The first-order chi connectivity index (χ1) is 11.7. The molecule has 0 saturated carbocycles. The molecule has 3 N–H and O–H groups in total. The second kappa shape index (κ2) is 7.99. The number of anilines is 1. The van der Waals surface area contributed by atoms with E-state index in [1.807, 2.05) is 24.3 Å². The van der Waals surface area contributed by atoms with Gasteiger partial charge in [0, 0.05) is 30.6 Å². The number of methoxy groups -OCH3 is 1. The second-order valence-electron chi connectivity index (χ2n) is 6.89. The number of rotatable bonds is 5. The lowest BCUT2D eigenvalue weighted by Gasteiger charge is -2.45. The smallest absolute Gasteiger partial charge is 0.171 e. The Hall–Kier alpha value is -1.59. The molecule has 3 rings (SSSR count). The van der Waals surface area contributed by atoms with Gasteiger partial charge in [0.1, 0.15) is 5.75 Å². The van der Waals surface area contributed by atoms with E-state index in [4.69, 9.17) is 17.0 Å². The molecule has 2 saturated heterocycles. The van der Waals surface area contributed by atoms with Crippen LogP contribution in [0.15, 0.2) is 36.9 Å². The number of fused-ring (bicyclic) bond motifs is 2. The van der Waals surface area contributed by atoms with Crippen molar-refractivity contribution in [2.24, 2.45) is 0 Å². The van der Waals surface area contributed by atoms with Gasteiger partial charge in [0.2, 0.25) is 0 Å². The predicted octanol–water partition coefficient (Wildman–Crippen LogP) is 2.14. The molecule has 1 aromatic carbocycles. The Balaban J connectivity index is 1.56. The lowest BCUT2D eigenvalue weighted by molar-refractivity contribution is -0.955. The van der Waals surface area contributed by atoms with Gasteiger partial charge in [0.25, 0.3) is 0 Å². The third-order valence-electron chi connectivity index (χ3n) is 5.33. The highest BCUT2D eigenvalue weighted by atomic mass is 32.1. The van der Waals surface area contributed by atoms with Gasteiger partial charge >= 0.3 is 0 Å². The normalized spacial score (nSPS) is 28.7. The molecular weight excluding hydrogens is 318 g/mol. The van der Waals surface area contributed by atoms with Crippen LogP contribution in [0.1, 0.15) is 32.1 Å². The predicted molar refractivity (Wildman–Crippen MR) is 103 cm³/mol. The molecule has 2 heterocycles. The van der Waals surface area contributed by atoms with Crippen molar-refractivity contribution in [3.8, 4) is 5.75 Å². The molecule has 2 unspecified atom stereocenters. The quantitative estimate of drug-likeness (QED) is 0.564. The van der Waals surface area contributed by atoms with Crippen molar-refractivity contribution in [2.75, 3.05) is 19.0 Å². The Labute approximate surface area is 150 Å². The highest BCUT2D eigenvalue weighted by Gasteiger charge is 2.41. The number of hydrogen-bond acceptors (Lipinski definition) is 2. The van der Waals surface area contributed by atoms with Crippen LogP contribution >= 0.6 is 12.2 Å². The SMILES string of the molecule is C=CC[NH+]1[C@@H]2CCC[C@H]1CC(NC(=S)Nc1cccc(OC)c1)C2. The van der Waals surface area contributed by atoms with Crippen LogP contribution in [0.5, 0.6) is 5.75 Å². The summed E-state index contributed by atoms with van der Waals surface area (Å²) in [4.78, 5) is 1.74. The van der Waals surface area contributed by atoms with Crippen molar-refractivity contribution in [3.05, 3.63) is 36.9 Å². The largest absolute Gasteiger partial charge is 0.497 e. The zero-order valence-corrected chi connectivity index (χ0v) is 15.2. The van der Waals surface area contributed by atoms with E-state index in [-0.39, 0.29) is 0 Å². The fraction of sp³-hybridized carbons (Fsp3) is 0.526. The number of hydrogen-bond donors (Lipinski definition) is 3. The number of piperidine rings is 2. The van der Waals surface area contributed by atoms with Crippen LogP contribution in [0.3, 0.4) is 0 Å². The third-order valence-corrected chi connectivity index (χ3v) is 5.55. The first-order valence-electron chi connectivity index (χ1n) is 8.87. The van der Waals surface area contributed by atoms with Crippen LogP contribution in [0.2, 0.25) is 0 Å². The van der Waals surface area contributed by atoms with Gasteiger partial charge in [-0.3, -0.25) is 0 Å². The van der Waals surface area contributed by atoms with E-state index in [9.17, 15) is 0 Å². The van der Waals surface area contributed by atoms with Crippen molar-refractivity contribution in [1.29, 1.82) is 0 Å². The van der Waals surface area contributed by atoms with Gasteiger partial charge in [-0.25, -0.2) is 0 Å². The molecule has 1 aromatic rings. The summed E-state index contributed by atoms with van der Waals surface area (Å²) < 4.78 is 5.26. The van der Waals surface area contributed by atoms with Gasteiger partial charge in [0.05, 0.1) is 25.7 Å². The molecule has 5 heteroatoms. The van der Waals surface area contributed by atoms with E-state index >= 15 is 0 Å². The van der Waals surface area contributed by atoms with Gasteiger partial charge in [-0.2, -0.15) is 0 Å². The first kappa shape index (κ1) is 17.2. The highest BCUT2D eigenvalue weighted by molar-refractivity contribution is 7.80. The Kier molecular flexibility index (Phi) is 5.74. The summed E-state index contributed by atoms with van der Waals surface area (Å²) >= 11 is 5.52. The van der Waals surface area contributed by atoms with Crippen LogP contribution in [0.4, 0.5) is 5.69 Å². The summed E-state index contributed by atoms with van der Waals surface area (Å²) in [5.74, 6) is 0.832. The number of nitrogens with one attached hydrogen (secondary N) is 3. The molecule has 0 aromatic heterocycles. The van der Waals surface area contributed by atoms with Gasteiger partial charge in [-0.05, 0) is 49.7 Å². The van der Waals surface area contributed by atoms with Crippen LogP contribution in [-0.2, 0) is 0 Å². The Morgan fingerprint density at radius 1 is 1.38 bits per heavy atom. The fourth-order valence-electron chi connectivity index (χ4n) is 4.31. The molecule has 0 spiro atoms. The van der Waals surface area contributed by atoms with Crippen LogP contribution in [0, 0.1) is 0 Å². The molecule has 0 amide bonds. The molecular formula is C19H28N3OS+. The zero-order chi connectivity index (χ0) is 16.9. The number of thiocarbonyl (C=S) groups is 1. The molecule has 4 nitrogen and oxygen atoms in total. The van der Waals surface area contributed by atoms with Crippen molar-refractivity contribution in [3.63, 3.8) is 0 Å². The molecule has 0 radical (unpaired) electrons. The van der Waals surface area contributed by atoms with Crippen LogP contribution in [0.25, 0.3) is 0 Å². The summed E-state index contributed by atoms with van der Waals surface area (Å²) in [6.45, 7) is 5.02. The van der Waals surface area contributed by atoms with Crippen LogP contribution in [-0.4, -0.2) is 36.9 Å². The summed E-state index contributed by atoms with van der Waals surface area (Å²) in [6.07, 6.45) is 8.49. The minimum atomic E-state index is 0.472. The third kappa shape index (κ3) is 4.08. The lowest BCUT2D eigenvalue weighted by atomic mass is 9.82. The van der Waals surface area contributed by atoms with Crippen molar-refractivity contribution in [1.82, 2.24) is 5.32 Å². The van der Waals surface area contributed by atoms with E-state index < -0.39 is 0 Å². The molecule has 130 valence electrons. The lowest BCUT2D eigenvalue weighted by Crippen LogP contribution is -3.21. The average Bonchev–Trinajstić information content (AvgIpc) is 2.56. The second-order valence-corrected chi connectivity index (χ2v) is 7.30. The van der Waals surface area contributed by atoms with Gasteiger partial charge in [-0.1, -0.05) is 12.6 Å². The van der Waals surface area contributed by atoms with Crippen LogP contribution < -0.4 is 20.3 Å². The molecule has 2 aliphatic rings. The summed E-state index contributed by atoms with van der Waals surface area (Å²) in [6, 6.07) is 9.81. The zero-order valence-electron chi connectivity index (χ0n) is 14.4. The number of benzene rings is 1. The maximum Gasteiger partial charge on any atom is 0.171 e. The van der Waals surface area contributed by atoms with E-state index in [0.717, 1.165) is 30.1 Å². The van der Waals surface area contributed by atoms with E-state index in [0.29, 0.717) is 11.2 Å². The monoisotopic (exact) mass is 346 g/mol. The summed E-state index contributed by atoms with van der Waals surface area (Å²) in [5, 5.41) is 7.53. The molecule has 2 fully saturated rings. The number of ether oxygens (including phenoxy) is 1. The molecule has 2 aliphatic heterocycles. The van der Waals surface area contributed by atoms with Gasteiger partial charge in [-0.15, -0.1) is 0 Å². The maximum absolute atomic E-state index is 5.52. The topological polar surface area (TPSA) is 37.7 Å². The van der Waals surface area contributed by atoms with Crippen molar-refractivity contribution >= 4 is 23.0 Å². The fourth-order valence-corrected chi connectivity index (χ4v) is 4.59. The Morgan fingerprint density at radius 2 is 2.12 bits per heavy atom. The van der Waals surface area contributed by atoms with Gasteiger partial charge < -0.3 is 20.3 Å². The minimum absolute atomic E-state index is 0.472.